The van der Waals surface area contributed by atoms with Gasteiger partial charge in [0.25, 0.3) is 5.91 Å². The molecule has 0 aromatic heterocycles. The van der Waals surface area contributed by atoms with Crippen LogP contribution in [0.1, 0.15) is 30.6 Å². The normalized spacial score (nSPS) is 15.7. The van der Waals surface area contributed by atoms with Gasteiger partial charge in [-0.2, -0.15) is 0 Å². The van der Waals surface area contributed by atoms with Gasteiger partial charge in [-0.05, 0) is 38.5 Å². The molecule has 0 radical (unpaired) electrons. The van der Waals surface area contributed by atoms with Gasteiger partial charge in [0.15, 0.2) is 0 Å². The summed E-state index contributed by atoms with van der Waals surface area (Å²) >= 11 is 5.94. The van der Waals surface area contributed by atoms with Crippen molar-refractivity contribution >= 4 is 35.8 Å². The fourth-order valence-corrected chi connectivity index (χ4v) is 2.73. The number of hydrogen-bond donors (Lipinski definition) is 1. The van der Waals surface area contributed by atoms with E-state index in [1.807, 2.05) is 0 Å². The van der Waals surface area contributed by atoms with E-state index >= 15 is 0 Å². The number of halogens is 2. The molecule has 0 aliphatic carbocycles. The number of hydrogen-bond acceptors (Lipinski definition) is 3. The third-order valence-electron chi connectivity index (χ3n) is 3.69. The molecule has 2 rings (SSSR count). The van der Waals surface area contributed by atoms with E-state index in [0.717, 1.165) is 6.42 Å². The van der Waals surface area contributed by atoms with Crippen molar-refractivity contribution < 1.29 is 9.59 Å². The van der Waals surface area contributed by atoms with E-state index in [9.17, 15) is 9.59 Å². The number of amides is 2. The molecule has 0 unspecified atom stereocenters. The highest BCUT2D eigenvalue weighted by Gasteiger charge is 2.30. The van der Waals surface area contributed by atoms with Gasteiger partial charge in [0.1, 0.15) is 0 Å². The first-order valence-electron chi connectivity index (χ1n) is 7.42. The van der Waals surface area contributed by atoms with Crippen LogP contribution in [0.25, 0.3) is 0 Å². The average molecular weight is 360 g/mol. The van der Waals surface area contributed by atoms with E-state index < -0.39 is 5.54 Å². The van der Waals surface area contributed by atoms with Gasteiger partial charge in [0, 0.05) is 36.8 Å². The van der Waals surface area contributed by atoms with Crippen molar-refractivity contribution in [2.24, 2.45) is 5.73 Å². The number of benzene rings is 1. The predicted octanol–water partition coefficient (Wildman–Crippen LogP) is 2.17. The Morgan fingerprint density at radius 1 is 1.13 bits per heavy atom. The van der Waals surface area contributed by atoms with Crippen LogP contribution in [-0.4, -0.2) is 53.3 Å². The van der Waals surface area contributed by atoms with Crippen molar-refractivity contribution in [1.82, 2.24) is 9.80 Å². The smallest absolute Gasteiger partial charge is 0.253 e. The highest BCUT2D eigenvalue weighted by molar-refractivity contribution is 6.30. The molecule has 1 fully saturated rings. The Hall–Kier alpha value is -1.30. The largest absolute Gasteiger partial charge is 0.339 e. The van der Waals surface area contributed by atoms with Gasteiger partial charge in [-0.3, -0.25) is 9.59 Å². The predicted molar refractivity (Wildman–Crippen MR) is 94.1 cm³/mol. The van der Waals surface area contributed by atoms with E-state index in [1.54, 1.807) is 47.9 Å². The summed E-state index contributed by atoms with van der Waals surface area (Å²) in [5, 5.41) is 0.544. The van der Waals surface area contributed by atoms with Crippen LogP contribution in [0.5, 0.6) is 0 Å². The van der Waals surface area contributed by atoms with Crippen molar-refractivity contribution in [1.29, 1.82) is 0 Å². The van der Waals surface area contributed by atoms with Crippen LogP contribution in [0.15, 0.2) is 24.3 Å². The molecule has 1 aromatic carbocycles. The Kier molecular flexibility index (Phi) is 6.86. The first-order valence-corrected chi connectivity index (χ1v) is 7.80. The maximum Gasteiger partial charge on any atom is 0.253 e. The van der Waals surface area contributed by atoms with Gasteiger partial charge in [-0.25, -0.2) is 0 Å². The first kappa shape index (κ1) is 19.7. The minimum absolute atomic E-state index is 0. The van der Waals surface area contributed by atoms with Gasteiger partial charge in [-0.15, -0.1) is 12.4 Å². The Morgan fingerprint density at radius 2 is 1.74 bits per heavy atom. The number of nitrogens with two attached hydrogens (primary N) is 1. The summed E-state index contributed by atoms with van der Waals surface area (Å²) in [7, 11) is 0. The molecule has 1 aliphatic heterocycles. The van der Waals surface area contributed by atoms with Crippen LogP contribution < -0.4 is 5.73 Å². The van der Waals surface area contributed by atoms with Gasteiger partial charge in [0.2, 0.25) is 5.91 Å². The van der Waals surface area contributed by atoms with E-state index in [2.05, 4.69) is 0 Å². The zero-order valence-electron chi connectivity index (χ0n) is 13.4. The Bertz CT molecular complexity index is 573. The summed E-state index contributed by atoms with van der Waals surface area (Å²) in [6, 6.07) is 6.93. The minimum Gasteiger partial charge on any atom is -0.339 e. The summed E-state index contributed by atoms with van der Waals surface area (Å²) in [5.41, 5.74) is 5.57. The van der Waals surface area contributed by atoms with Gasteiger partial charge in [-0.1, -0.05) is 17.7 Å². The minimum atomic E-state index is -0.883. The quantitative estimate of drug-likeness (QED) is 0.879. The number of rotatable bonds is 2. The standard InChI is InChI=1S/C16H22ClN3O2.ClH/c1-16(2,18)15(22)20-8-4-7-19(9-10-20)14(21)12-5-3-6-13(17)11-12;/h3,5-6,11H,4,7-10,18H2,1-2H3;1H. The molecule has 5 nitrogen and oxygen atoms in total. The fourth-order valence-electron chi connectivity index (χ4n) is 2.54. The summed E-state index contributed by atoms with van der Waals surface area (Å²) in [6.07, 6.45) is 0.744. The van der Waals surface area contributed by atoms with E-state index in [4.69, 9.17) is 17.3 Å². The van der Waals surface area contributed by atoms with Gasteiger partial charge < -0.3 is 15.5 Å². The Labute approximate surface area is 148 Å². The van der Waals surface area contributed by atoms with Crippen molar-refractivity contribution in [3.8, 4) is 0 Å². The van der Waals surface area contributed by atoms with E-state index in [1.165, 1.54) is 0 Å². The van der Waals surface area contributed by atoms with Crippen molar-refractivity contribution in [2.45, 2.75) is 25.8 Å². The third-order valence-corrected chi connectivity index (χ3v) is 3.93. The van der Waals surface area contributed by atoms with Crippen LogP contribution in [0, 0.1) is 0 Å². The zero-order chi connectivity index (χ0) is 16.3. The number of nitrogens with zero attached hydrogens (tertiary/aromatic N) is 2. The molecule has 128 valence electrons. The first-order chi connectivity index (χ1) is 10.3. The molecule has 1 aromatic rings. The summed E-state index contributed by atoms with van der Waals surface area (Å²) in [5.74, 6) is -0.131. The second-order valence-electron chi connectivity index (χ2n) is 6.17. The lowest BCUT2D eigenvalue weighted by Crippen LogP contribution is -2.52. The van der Waals surface area contributed by atoms with Crippen LogP contribution >= 0.6 is 24.0 Å². The molecule has 7 heteroatoms. The van der Waals surface area contributed by atoms with Gasteiger partial charge in [0.05, 0.1) is 5.54 Å². The third kappa shape index (κ3) is 5.09. The van der Waals surface area contributed by atoms with Crippen molar-refractivity contribution in [3.63, 3.8) is 0 Å². The molecule has 1 heterocycles. The van der Waals surface area contributed by atoms with E-state index in [-0.39, 0.29) is 24.2 Å². The molecule has 0 bridgehead atoms. The van der Waals surface area contributed by atoms with Crippen LogP contribution in [-0.2, 0) is 4.79 Å². The van der Waals surface area contributed by atoms with Crippen LogP contribution in [0.3, 0.4) is 0 Å². The molecule has 0 atom stereocenters. The Balaban J connectivity index is 0.00000264. The van der Waals surface area contributed by atoms with Crippen LogP contribution in [0.4, 0.5) is 0 Å². The van der Waals surface area contributed by atoms with Crippen LogP contribution in [0.2, 0.25) is 5.02 Å². The average Bonchev–Trinajstić information content (AvgIpc) is 2.70. The molecule has 1 saturated heterocycles. The molecule has 2 N–H and O–H groups in total. The number of carbonyl (C=O) groups excluding carboxylic acids is 2. The lowest BCUT2D eigenvalue weighted by atomic mass is 10.1. The van der Waals surface area contributed by atoms with Crippen molar-refractivity contribution in [2.75, 3.05) is 26.2 Å². The maximum absolute atomic E-state index is 12.5. The molecule has 1 aliphatic rings. The lowest BCUT2D eigenvalue weighted by Gasteiger charge is -2.28. The fraction of sp³-hybridized carbons (Fsp3) is 0.500. The zero-order valence-corrected chi connectivity index (χ0v) is 15.0. The molecule has 0 spiro atoms. The monoisotopic (exact) mass is 359 g/mol. The summed E-state index contributed by atoms with van der Waals surface area (Å²) in [6.45, 7) is 5.67. The second kappa shape index (κ2) is 7.99. The second-order valence-corrected chi connectivity index (χ2v) is 6.61. The van der Waals surface area contributed by atoms with Crippen molar-refractivity contribution in [3.05, 3.63) is 34.9 Å². The molecule has 0 saturated carbocycles. The molecular weight excluding hydrogens is 337 g/mol. The number of carbonyl (C=O) groups is 2. The highest BCUT2D eigenvalue weighted by Crippen LogP contribution is 2.15. The topological polar surface area (TPSA) is 66.6 Å². The SMILES string of the molecule is CC(C)(N)C(=O)N1CCCN(C(=O)c2cccc(Cl)c2)CC1.Cl. The highest BCUT2D eigenvalue weighted by atomic mass is 35.5. The summed E-state index contributed by atoms with van der Waals surface area (Å²) < 4.78 is 0. The lowest BCUT2D eigenvalue weighted by molar-refractivity contribution is -0.135. The Morgan fingerprint density at radius 3 is 2.35 bits per heavy atom. The maximum atomic E-state index is 12.5. The molecular formula is C16H23Cl2N3O2. The van der Waals surface area contributed by atoms with Gasteiger partial charge >= 0.3 is 0 Å². The molecule has 2 amide bonds. The molecule has 23 heavy (non-hydrogen) atoms. The van der Waals surface area contributed by atoms with E-state index in [0.29, 0.717) is 36.8 Å². The summed E-state index contributed by atoms with van der Waals surface area (Å²) in [4.78, 5) is 28.3.